The minimum Gasteiger partial charge on any atom is -0.422 e. The summed E-state index contributed by atoms with van der Waals surface area (Å²) in [4.78, 5) is 26.8. The lowest BCUT2D eigenvalue weighted by Crippen LogP contribution is -2.32. The summed E-state index contributed by atoms with van der Waals surface area (Å²) in [5, 5.41) is 0.901. The molecule has 0 aliphatic carbocycles. The van der Waals surface area contributed by atoms with Gasteiger partial charge in [-0.1, -0.05) is 0 Å². The van der Waals surface area contributed by atoms with Crippen molar-refractivity contribution in [1.82, 2.24) is 19.3 Å². The SMILES string of the molecule is Cc1cn2cc(-c3cc4ccc(N5CC6CCN(C)C6C5)cc4oc3=O)nc2c(C)n1. The Kier molecular flexibility index (Phi) is 3.99. The van der Waals surface area contributed by atoms with Crippen LogP contribution < -0.4 is 10.5 Å². The van der Waals surface area contributed by atoms with Crippen molar-refractivity contribution in [3.05, 3.63) is 58.5 Å². The molecule has 3 aromatic heterocycles. The third-order valence-electron chi connectivity index (χ3n) is 6.91. The van der Waals surface area contributed by atoms with E-state index in [0.29, 0.717) is 22.9 Å². The quantitative estimate of drug-likeness (QED) is 0.468. The summed E-state index contributed by atoms with van der Waals surface area (Å²) in [5.74, 6) is 0.728. The highest BCUT2D eigenvalue weighted by Gasteiger charge is 2.39. The summed E-state index contributed by atoms with van der Waals surface area (Å²) < 4.78 is 7.67. The molecule has 5 heterocycles. The van der Waals surface area contributed by atoms with Gasteiger partial charge in [0.05, 0.1) is 22.6 Å². The van der Waals surface area contributed by atoms with Gasteiger partial charge in [0.2, 0.25) is 0 Å². The molecule has 0 bridgehead atoms. The summed E-state index contributed by atoms with van der Waals surface area (Å²) in [6.07, 6.45) is 5.04. The molecule has 2 saturated heterocycles. The first-order chi connectivity index (χ1) is 15.0. The molecule has 158 valence electrons. The predicted octanol–water partition coefficient (Wildman–Crippen LogP) is 3.26. The van der Waals surface area contributed by atoms with Gasteiger partial charge in [-0.25, -0.2) is 9.78 Å². The van der Waals surface area contributed by atoms with Crippen molar-refractivity contribution in [2.75, 3.05) is 31.6 Å². The third kappa shape index (κ3) is 2.95. The van der Waals surface area contributed by atoms with E-state index in [4.69, 9.17) is 4.42 Å². The van der Waals surface area contributed by atoms with Crippen LogP contribution in [0.5, 0.6) is 0 Å². The van der Waals surface area contributed by atoms with E-state index in [1.165, 1.54) is 13.0 Å². The molecule has 1 aromatic carbocycles. The van der Waals surface area contributed by atoms with E-state index in [9.17, 15) is 4.79 Å². The molecule has 0 radical (unpaired) electrons. The third-order valence-corrected chi connectivity index (χ3v) is 6.91. The smallest absolute Gasteiger partial charge is 0.345 e. The molecule has 0 amide bonds. The van der Waals surface area contributed by atoms with Gasteiger partial charge in [-0.15, -0.1) is 0 Å². The Morgan fingerprint density at radius 1 is 1.10 bits per heavy atom. The fourth-order valence-electron chi connectivity index (χ4n) is 5.29. The van der Waals surface area contributed by atoms with Gasteiger partial charge in [-0.2, -0.15) is 0 Å². The fourth-order valence-corrected chi connectivity index (χ4v) is 5.29. The molecule has 2 unspecified atom stereocenters. The monoisotopic (exact) mass is 415 g/mol. The van der Waals surface area contributed by atoms with E-state index >= 15 is 0 Å². The van der Waals surface area contributed by atoms with Crippen LogP contribution in [0.25, 0.3) is 27.9 Å². The van der Waals surface area contributed by atoms with Crippen LogP contribution in [0.3, 0.4) is 0 Å². The lowest BCUT2D eigenvalue weighted by molar-refractivity contribution is 0.310. The molecule has 7 heteroatoms. The Morgan fingerprint density at radius 3 is 2.81 bits per heavy atom. The van der Waals surface area contributed by atoms with Crippen molar-refractivity contribution in [2.45, 2.75) is 26.3 Å². The van der Waals surface area contributed by atoms with Crippen LogP contribution in [0.4, 0.5) is 5.69 Å². The minimum absolute atomic E-state index is 0.367. The van der Waals surface area contributed by atoms with Crippen LogP contribution in [0.1, 0.15) is 17.8 Å². The number of hydrogen-bond donors (Lipinski definition) is 0. The fraction of sp³-hybridized carbons (Fsp3) is 0.375. The molecule has 2 aliphatic rings. The van der Waals surface area contributed by atoms with Crippen LogP contribution in [0.2, 0.25) is 0 Å². The van der Waals surface area contributed by atoms with Crippen LogP contribution in [-0.2, 0) is 0 Å². The minimum atomic E-state index is -0.367. The zero-order valence-electron chi connectivity index (χ0n) is 18.0. The van der Waals surface area contributed by atoms with Crippen molar-refractivity contribution in [2.24, 2.45) is 5.92 Å². The van der Waals surface area contributed by atoms with Crippen molar-refractivity contribution in [1.29, 1.82) is 0 Å². The van der Waals surface area contributed by atoms with Gasteiger partial charge >= 0.3 is 5.63 Å². The Balaban J connectivity index is 1.38. The molecule has 4 aromatic rings. The van der Waals surface area contributed by atoms with Crippen molar-refractivity contribution >= 4 is 22.3 Å². The molecule has 0 saturated carbocycles. The zero-order valence-corrected chi connectivity index (χ0v) is 18.0. The van der Waals surface area contributed by atoms with Gasteiger partial charge in [0.15, 0.2) is 5.65 Å². The Labute approximate surface area is 179 Å². The first-order valence-corrected chi connectivity index (χ1v) is 10.8. The molecule has 2 atom stereocenters. The van der Waals surface area contributed by atoms with Crippen LogP contribution >= 0.6 is 0 Å². The molecule has 2 fully saturated rings. The Bertz CT molecular complexity index is 1390. The molecule has 0 N–H and O–H groups in total. The number of benzene rings is 1. The maximum Gasteiger partial charge on any atom is 0.345 e. The lowest BCUT2D eigenvalue weighted by Gasteiger charge is -2.22. The van der Waals surface area contributed by atoms with E-state index in [1.807, 2.05) is 48.8 Å². The average Bonchev–Trinajstić information content (AvgIpc) is 3.43. The Morgan fingerprint density at radius 2 is 1.97 bits per heavy atom. The number of likely N-dealkylation sites (N-methyl/N-ethyl adjacent to an activating group) is 1. The molecular formula is C24H25N5O2. The number of nitrogens with zero attached hydrogens (tertiary/aromatic N) is 5. The van der Waals surface area contributed by atoms with Crippen LogP contribution in [0.15, 0.2) is 45.9 Å². The largest absolute Gasteiger partial charge is 0.422 e. The molecule has 2 aliphatic heterocycles. The van der Waals surface area contributed by atoms with Crippen LogP contribution in [0, 0.1) is 19.8 Å². The normalized spacial score (nSPS) is 21.5. The van der Waals surface area contributed by atoms with Gasteiger partial charge in [0.1, 0.15) is 5.58 Å². The highest BCUT2D eigenvalue weighted by Crippen LogP contribution is 2.34. The maximum atomic E-state index is 12.8. The van der Waals surface area contributed by atoms with E-state index in [2.05, 4.69) is 32.9 Å². The summed E-state index contributed by atoms with van der Waals surface area (Å²) in [6, 6.07) is 8.69. The molecule has 7 nitrogen and oxygen atoms in total. The summed E-state index contributed by atoms with van der Waals surface area (Å²) >= 11 is 0. The van der Waals surface area contributed by atoms with Gasteiger partial charge in [0.25, 0.3) is 0 Å². The number of hydrogen-bond acceptors (Lipinski definition) is 6. The Hall–Kier alpha value is -3.19. The maximum absolute atomic E-state index is 12.8. The van der Waals surface area contributed by atoms with E-state index in [-0.39, 0.29) is 5.63 Å². The number of anilines is 1. The number of fused-ring (bicyclic) bond motifs is 3. The molecule has 6 rings (SSSR count). The van der Waals surface area contributed by atoms with Crippen molar-refractivity contribution in [3.8, 4) is 11.3 Å². The summed E-state index contributed by atoms with van der Waals surface area (Å²) in [5.41, 5.74) is 4.94. The second-order valence-corrected chi connectivity index (χ2v) is 9.00. The molecule has 0 spiro atoms. The summed E-state index contributed by atoms with van der Waals surface area (Å²) in [7, 11) is 2.22. The number of aryl methyl sites for hydroxylation is 2. The van der Waals surface area contributed by atoms with Gasteiger partial charge in [-0.3, -0.25) is 4.98 Å². The highest BCUT2D eigenvalue weighted by molar-refractivity contribution is 5.84. The van der Waals surface area contributed by atoms with Gasteiger partial charge in [-0.05, 0) is 58.0 Å². The predicted molar refractivity (Wildman–Crippen MR) is 121 cm³/mol. The number of likely N-dealkylation sites (tertiary alicyclic amines) is 1. The first-order valence-electron chi connectivity index (χ1n) is 10.8. The van der Waals surface area contributed by atoms with Crippen LogP contribution in [-0.4, -0.2) is 52.0 Å². The van der Waals surface area contributed by atoms with E-state index < -0.39 is 0 Å². The lowest BCUT2D eigenvalue weighted by atomic mass is 10.1. The first kappa shape index (κ1) is 18.6. The second-order valence-electron chi connectivity index (χ2n) is 9.00. The number of imidazole rings is 1. The zero-order chi connectivity index (χ0) is 21.3. The van der Waals surface area contributed by atoms with Gasteiger partial charge < -0.3 is 18.6 Å². The molecular weight excluding hydrogens is 390 g/mol. The van der Waals surface area contributed by atoms with Crippen molar-refractivity contribution < 1.29 is 4.42 Å². The summed E-state index contributed by atoms with van der Waals surface area (Å²) in [6.45, 7) is 7.16. The number of rotatable bonds is 2. The van der Waals surface area contributed by atoms with E-state index in [0.717, 1.165) is 47.1 Å². The van der Waals surface area contributed by atoms with Gasteiger partial charge in [0, 0.05) is 48.7 Å². The number of aromatic nitrogens is 3. The topological polar surface area (TPSA) is 66.9 Å². The average molecular weight is 415 g/mol. The second kappa shape index (κ2) is 6.65. The highest BCUT2D eigenvalue weighted by atomic mass is 16.4. The van der Waals surface area contributed by atoms with Crippen molar-refractivity contribution in [3.63, 3.8) is 0 Å². The van der Waals surface area contributed by atoms with E-state index in [1.54, 1.807) is 0 Å². The standard InChI is InChI=1S/C24H25N5O2/c1-14-10-29-12-20(26-23(29)15(2)25-14)19-8-16-4-5-18(9-22(16)31-24(19)30)28-11-17-6-7-27(3)21(17)13-28/h4-5,8-10,12,17,21H,6-7,11,13H2,1-3H3. The molecule has 31 heavy (non-hydrogen) atoms.